The lowest BCUT2D eigenvalue weighted by Crippen LogP contribution is -2.30. The molecule has 0 amide bonds. The first kappa shape index (κ1) is 15.3. The summed E-state index contributed by atoms with van der Waals surface area (Å²) in [4.78, 5) is 11.2. The number of carbonyl (C=O) groups is 1. The smallest absolute Gasteiger partial charge is 0.423 e. The van der Waals surface area contributed by atoms with Gasteiger partial charge >= 0.3 is 7.12 Å². The van der Waals surface area contributed by atoms with Crippen molar-refractivity contribution < 1.29 is 14.8 Å². The third-order valence-electron chi connectivity index (χ3n) is 4.00. The Balaban J connectivity index is 2.29. The zero-order valence-electron chi connectivity index (χ0n) is 12.7. The van der Waals surface area contributed by atoms with Gasteiger partial charge in [-0.25, -0.2) is 0 Å². The molecular weight excluding hydrogens is 289 g/mol. The highest BCUT2D eigenvalue weighted by atomic mass is 16.4. The first-order valence-corrected chi connectivity index (χ1v) is 7.31. The van der Waals surface area contributed by atoms with Crippen LogP contribution >= 0.6 is 0 Å². The number of aldehydes is 1. The number of rotatable bonds is 4. The molecule has 3 rings (SSSR count). The molecule has 23 heavy (non-hydrogen) atoms. The van der Waals surface area contributed by atoms with Gasteiger partial charge in [-0.05, 0) is 33.9 Å². The van der Waals surface area contributed by atoms with Gasteiger partial charge < -0.3 is 15.4 Å². The summed E-state index contributed by atoms with van der Waals surface area (Å²) in [5.41, 5.74) is 3.83. The fraction of sp³-hybridized carbons (Fsp3) is 0.0556. The Kier molecular flexibility index (Phi) is 4.15. The van der Waals surface area contributed by atoms with Gasteiger partial charge in [0.2, 0.25) is 0 Å². The van der Waals surface area contributed by atoms with Crippen molar-refractivity contribution in [3.8, 4) is 11.1 Å². The molecule has 5 heteroatoms. The van der Waals surface area contributed by atoms with E-state index in [-0.39, 0.29) is 0 Å². The molecular formula is C18H16BNO3. The summed E-state index contributed by atoms with van der Waals surface area (Å²) in [6.07, 6.45) is 0.775. The molecule has 0 bridgehead atoms. The van der Waals surface area contributed by atoms with Gasteiger partial charge in [0.05, 0.1) is 0 Å². The quantitative estimate of drug-likeness (QED) is 0.510. The van der Waals surface area contributed by atoms with Crippen LogP contribution in [0.2, 0.25) is 0 Å². The SMILES string of the molecule is CNc1ccccc1-c1ccc2c(C=O)ccc(B(O)O)c2c1. The lowest BCUT2D eigenvalue weighted by Gasteiger charge is -2.13. The van der Waals surface area contributed by atoms with E-state index in [0.29, 0.717) is 21.8 Å². The van der Waals surface area contributed by atoms with Crippen molar-refractivity contribution in [1.29, 1.82) is 0 Å². The molecule has 3 N–H and O–H groups in total. The highest BCUT2D eigenvalue weighted by Crippen LogP contribution is 2.30. The van der Waals surface area contributed by atoms with Crippen LogP contribution in [-0.2, 0) is 0 Å². The molecule has 3 aromatic carbocycles. The van der Waals surface area contributed by atoms with E-state index < -0.39 is 7.12 Å². The Bertz CT molecular complexity index is 877. The number of benzene rings is 3. The molecule has 0 saturated heterocycles. The monoisotopic (exact) mass is 305 g/mol. The molecule has 3 aromatic rings. The van der Waals surface area contributed by atoms with Gasteiger partial charge in [0.1, 0.15) is 0 Å². The van der Waals surface area contributed by atoms with Crippen LogP contribution in [0.15, 0.2) is 54.6 Å². The number of anilines is 1. The Morgan fingerprint density at radius 2 is 1.78 bits per heavy atom. The van der Waals surface area contributed by atoms with Crippen molar-refractivity contribution in [2.75, 3.05) is 12.4 Å². The lowest BCUT2D eigenvalue weighted by atomic mass is 9.76. The van der Waals surface area contributed by atoms with Gasteiger partial charge in [-0.3, -0.25) is 4.79 Å². The summed E-state index contributed by atoms with van der Waals surface area (Å²) in [6, 6.07) is 16.7. The maximum atomic E-state index is 11.2. The molecule has 0 heterocycles. The van der Waals surface area contributed by atoms with Crippen LogP contribution in [0.1, 0.15) is 10.4 Å². The Hall–Kier alpha value is -2.63. The Morgan fingerprint density at radius 3 is 2.48 bits per heavy atom. The molecule has 0 radical (unpaired) electrons. The molecule has 114 valence electrons. The number of carbonyl (C=O) groups excluding carboxylic acids is 1. The van der Waals surface area contributed by atoms with Gasteiger partial charge in [-0.1, -0.05) is 42.5 Å². The van der Waals surface area contributed by atoms with Crippen molar-refractivity contribution in [2.24, 2.45) is 0 Å². The molecule has 0 fully saturated rings. The highest BCUT2D eigenvalue weighted by Gasteiger charge is 2.17. The van der Waals surface area contributed by atoms with Gasteiger partial charge in [0.25, 0.3) is 0 Å². The van der Waals surface area contributed by atoms with Crippen LogP contribution in [0.5, 0.6) is 0 Å². The normalized spacial score (nSPS) is 10.6. The zero-order chi connectivity index (χ0) is 16.4. The van der Waals surface area contributed by atoms with E-state index in [9.17, 15) is 14.8 Å². The second-order valence-corrected chi connectivity index (χ2v) is 5.29. The summed E-state index contributed by atoms with van der Waals surface area (Å²) in [6.45, 7) is 0. The van der Waals surface area contributed by atoms with Crippen molar-refractivity contribution in [3.05, 3.63) is 60.2 Å². The minimum absolute atomic E-state index is 0.384. The Morgan fingerprint density at radius 1 is 1.00 bits per heavy atom. The number of hydrogen-bond acceptors (Lipinski definition) is 4. The molecule has 0 aromatic heterocycles. The number of nitrogens with one attached hydrogen (secondary N) is 1. The Labute approximate surface area is 134 Å². The van der Waals surface area contributed by atoms with E-state index in [0.717, 1.165) is 23.1 Å². The third kappa shape index (κ3) is 2.72. The summed E-state index contributed by atoms with van der Waals surface area (Å²) >= 11 is 0. The maximum Gasteiger partial charge on any atom is 0.489 e. The van der Waals surface area contributed by atoms with Gasteiger partial charge in [-0.15, -0.1) is 0 Å². The second-order valence-electron chi connectivity index (χ2n) is 5.29. The lowest BCUT2D eigenvalue weighted by molar-refractivity contribution is 0.112. The maximum absolute atomic E-state index is 11.2. The van der Waals surface area contributed by atoms with Gasteiger partial charge in [-0.2, -0.15) is 0 Å². The molecule has 0 unspecified atom stereocenters. The fourth-order valence-corrected chi connectivity index (χ4v) is 2.84. The highest BCUT2D eigenvalue weighted by molar-refractivity contribution is 6.62. The summed E-state index contributed by atoms with van der Waals surface area (Å²) < 4.78 is 0. The molecule has 4 nitrogen and oxygen atoms in total. The molecule has 0 saturated carbocycles. The topological polar surface area (TPSA) is 69.6 Å². The van der Waals surface area contributed by atoms with Crippen molar-refractivity contribution in [1.82, 2.24) is 0 Å². The zero-order valence-corrected chi connectivity index (χ0v) is 12.7. The molecule has 0 aliphatic heterocycles. The first-order valence-electron chi connectivity index (χ1n) is 7.31. The molecule has 0 aliphatic rings. The van der Waals surface area contributed by atoms with Crippen LogP contribution in [0.4, 0.5) is 5.69 Å². The molecule has 0 atom stereocenters. The van der Waals surface area contributed by atoms with Crippen LogP contribution in [-0.4, -0.2) is 30.5 Å². The van der Waals surface area contributed by atoms with Crippen molar-refractivity contribution in [2.45, 2.75) is 0 Å². The standard InChI is InChI=1S/C18H16BNO3/c1-20-18-5-3-2-4-15(18)12-6-8-14-13(11-21)7-9-17(19(22)23)16(14)10-12/h2-11,20,22-23H,1H3. The summed E-state index contributed by atoms with van der Waals surface area (Å²) in [5, 5.41) is 23.7. The minimum atomic E-state index is -1.59. The number of hydrogen-bond donors (Lipinski definition) is 3. The molecule has 0 aliphatic carbocycles. The average molecular weight is 305 g/mol. The van der Waals surface area contributed by atoms with Gasteiger partial charge in [0.15, 0.2) is 6.29 Å². The fourth-order valence-electron chi connectivity index (χ4n) is 2.84. The summed E-state index contributed by atoms with van der Waals surface area (Å²) in [7, 11) is 0.265. The van der Waals surface area contributed by atoms with Crippen LogP contribution in [0.25, 0.3) is 21.9 Å². The van der Waals surface area contributed by atoms with Crippen LogP contribution in [0.3, 0.4) is 0 Å². The largest absolute Gasteiger partial charge is 0.489 e. The van der Waals surface area contributed by atoms with E-state index in [1.54, 1.807) is 12.1 Å². The van der Waals surface area contributed by atoms with Crippen LogP contribution in [0, 0.1) is 0 Å². The van der Waals surface area contributed by atoms with Gasteiger partial charge in [0, 0.05) is 23.9 Å². The van der Waals surface area contributed by atoms with Crippen molar-refractivity contribution in [3.63, 3.8) is 0 Å². The summed E-state index contributed by atoms with van der Waals surface area (Å²) in [5.74, 6) is 0. The predicted octanol–water partition coefficient (Wildman–Crippen LogP) is 2.04. The second kappa shape index (κ2) is 6.24. The molecule has 0 spiro atoms. The number of fused-ring (bicyclic) bond motifs is 1. The van der Waals surface area contributed by atoms with E-state index in [1.807, 2.05) is 49.5 Å². The third-order valence-corrected chi connectivity index (χ3v) is 4.00. The first-order chi connectivity index (χ1) is 11.2. The predicted molar refractivity (Wildman–Crippen MR) is 94.1 cm³/mol. The van der Waals surface area contributed by atoms with E-state index in [4.69, 9.17) is 0 Å². The van der Waals surface area contributed by atoms with Crippen molar-refractivity contribution >= 4 is 35.3 Å². The number of para-hydroxylation sites is 1. The van der Waals surface area contributed by atoms with E-state index in [1.165, 1.54) is 0 Å². The minimum Gasteiger partial charge on any atom is -0.423 e. The van der Waals surface area contributed by atoms with E-state index >= 15 is 0 Å². The van der Waals surface area contributed by atoms with E-state index in [2.05, 4.69) is 5.32 Å². The average Bonchev–Trinajstić information content (AvgIpc) is 2.59. The van der Waals surface area contributed by atoms with Crippen LogP contribution < -0.4 is 10.8 Å².